The highest BCUT2D eigenvalue weighted by Crippen LogP contribution is 2.20. The van der Waals surface area contributed by atoms with Crippen LogP contribution < -0.4 is 5.32 Å². The summed E-state index contributed by atoms with van der Waals surface area (Å²) in [5.41, 5.74) is 1.25. The fourth-order valence-corrected chi connectivity index (χ4v) is 2.64. The van der Waals surface area contributed by atoms with Gasteiger partial charge >= 0.3 is 0 Å². The molecule has 0 amide bonds. The largest absolute Gasteiger partial charge is 0.348 e. The maximum absolute atomic E-state index is 5.92. The van der Waals surface area contributed by atoms with Crippen LogP contribution in [0, 0.1) is 0 Å². The zero-order valence-electron chi connectivity index (χ0n) is 11.1. The first-order chi connectivity index (χ1) is 9.22. The number of guanidine groups is 1. The minimum Gasteiger partial charge on any atom is -0.348 e. The molecule has 0 aromatic heterocycles. The summed E-state index contributed by atoms with van der Waals surface area (Å²) in [6.45, 7) is 5.12. The van der Waals surface area contributed by atoms with Crippen molar-refractivity contribution in [2.75, 3.05) is 39.8 Å². The number of nitrogens with one attached hydrogen (secondary N) is 1. The summed E-state index contributed by atoms with van der Waals surface area (Å²) in [7, 11) is 2.16. The third-order valence-electron chi connectivity index (χ3n) is 3.80. The minimum atomic E-state index is 0.284. The molecule has 2 heterocycles. The fourth-order valence-electron chi connectivity index (χ4n) is 2.52. The molecular weight excluding hydrogens is 260 g/mol. The van der Waals surface area contributed by atoms with Crippen LogP contribution in [0.25, 0.3) is 0 Å². The Morgan fingerprint density at radius 2 is 1.84 bits per heavy atom. The van der Waals surface area contributed by atoms with E-state index in [1.165, 1.54) is 5.56 Å². The first-order valence-electron chi connectivity index (χ1n) is 6.72. The summed E-state index contributed by atoms with van der Waals surface area (Å²) >= 11 is 5.92. The van der Waals surface area contributed by atoms with Crippen LogP contribution in [0.3, 0.4) is 0 Å². The number of benzene rings is 1. The Labute approximate surface area is 119 Å². The molecule has 0 saturated carbocycles. The lowest BCUT2D eigenvalue weighted by atomic mass is 10.1. The summed E-state index contributed by atoms with van der Waals surface area (Å²) in [5.74, 6) is 1.05. The molecule has 2 aliphatic rings. The molecule has 5 heteroatoms. The molecule has 0 aliphatic carbocycles. The van der Waals surface area contributed by atoms with E-state index < -0.39 is 0 Å². The van der Waals surface area contributed by atoms with Gasteiger partial charge in [-0.1, -0.05) is 23.7 Å². The molecule has 1 unspecified atom stereocenters. The number of halogens is 1. The summed E-state index contributed by atoms with van der Waals surface area (Å²) in [4.78, 5) is 9.34. The molecule has 1 saturated heterocycles. The van der Waals surface area contributed by atoms with Gasteiger partial charge in [0.25, 0.3) is 0 Å². The van der Waals surface area contributed by atoms with Crippen molar-refractivity contribution < 1.29 is 0 Å². The van der Waals surface area contributed by atoms with Crippen LogP contribution in [0.2, 0.25) is 5.02 Å². The van der Waals surface area contributed by atoms with E-state index in [0.29, 0.717) is 0 Å². The molecule has 0 spiro atoms. The monoisotopic (exact) mass is 278 g/mol. The maximum Gasteiger partial charge on any atom is 0.194 e. The summed E-state index contributed by atoms with van der Waals surface area (Å²) < 4.78 is 0. The Kier molecular flexibility index (Phi) is 3.62. The second-order valence-corrected chi connectivity index (χ2v) is 5.64. The van der Waals surface area contributed by atoms with Crippen LogP contribution in [0.1, 0.15) is 11.6 Å². The number of rotatable bonds is 1. The Balaban J connectivity index is 1.61. The zero-order chi connectivity index (χ0) is 13.2. The first kappa shape index (κ1) is 12.8. The van der Waals surface area contributed by atoms with Crippen molar-refractivity contribution >= 4 is 17.6 Å². The quantitative estimate of drug-likeness (QED) is 0.846. The lowest BCUT2D eigenvalue weighted by Gasteiger charge is -2.33. The lowest BCUT2D eigenvalue weighted by Crippen LogP contribution is -2.50. The topological polar surface area (TPSA) is 30.9 Å². The van der Waals surface area contributed by atoms with Crippen LogP contribution in [0.5, 0.6) is 0 Å². The second kappa shape index (κ2) is 5.39. The van der Waals surface area contributed by atoms with Gasteiger partial charge in [0.1, 0.15) is 0 Å². The van der Waals surface area contributed by atoms with Crippen LogP contribution >= 0.6 is 11.6 Å². The smallest absolute Gasteiger partial charge is 0.194 e. The van der Waals surface area contributed by atoms with Crippen molar-refractivity contribution in [1.82, 2.24) is 15.1 Å². The van der Waals surface area contributed by atoms with E-state index in [-0.39, 0.29) is 6.04 Å². The van der Waals surface area contributed by atoms with Gasteiger partial charge in [0.15, 0.2) is 5.96 Å². The van der Waals surface area contributed by atoms with Gasteiger partial charge in [-0.25, -0.2) is 0 Å². The number of hydrogen-bond acceptors (Lipinski definition) is 4. The molecule has 102 valence electrons. The SMILES string of the molecule is CN1CCN(C2=NCC(c3ccc(Cl)cc3)N2)CC1. The summed E-state index contributed by atoms with van der Waals surface area (Å²) in [6, 6.07) is 8.30. The molecular formula is C14H19ClN4. The van der Waals surface area contributed by atoms with Gasteiger partial charge in [-0.05, 0) is 24.7 Å². The van der Waals surface area contributed by atoms with Gasteiger partial charge in [0.2, 0.25) is 0 Å². The molecule has 0 bridgehead atoms. The second-order valence-electron chi connectivity index (χ2n) is 5.20. The Hall–Kier alpha value is -1.26. The van der Waals surface area contributed by atoms with Crippen LogP contribution in [-0.2, 0) is 0 Å². The Bertz CT molecular complexity index is 463. The molecule has 4 nitrogen and oxygen atoms in total. The molecule has 3 rings (SSSR count). The van der Waals surface area contributed by atoms with E-state index in [9.17, 15) is 0 Å². The van der Waals surface area contributed by atoms with Gasteiger partial charge in [-0.2, -0.15) is 0 Å². The Morgan fingerprint density at radius 1 is 1.16 bits per heavy atom. The van der Waals surface area contributed by atoms with Crippen LogP contribution in [-0.4, -0.2) is 55.5 Å². The number of likely N-dealkylation sites (N-methyl/N-ethyl adjacent to an activating group) is 1. The van der Waals surface area contributed by atoms with E-state index in [1.807, 2.05) is 12.1 Å². The average molecular weight is 279 g/mol. The summed E-state index contributed by atoms with van der Waals surface area (Å²) in [5, 5.41) is 4.31. The third kappa shape index (κ3) is 2.85. The molecule has 1 aromatic carbocycles. The highest BCUT2D eigenvalue weighted by Gasteiger charge is 2.25. The summed E-state index contributed by atoms with van der Waals surface area (Å²) in [6.07, 6.45) is 0. The molecule has 2 aliphatic heterocycles. The molecule has 1 fully saturated rings. The van der Waals surface area contributed by atoms with E-state index in [1.54, 1.807) is 0 Å². The average Bonchev–Trinajstić information content (AvgIpc) is 2.90. The number of nitrogens with zero attached hydrogens (tertiary/aromatic N) is 3. The zero-order valence-corrected chi connectivity index (χ0v) is 11.9. The van der Waals surface area contributed by atoms with Crippen molar-refractivity contribution in [3.8, 4) is 0 Å². The molecule has 0 radical (unpaired) electrons. The molecule has 1 atom stereocenters. The van der Waals surface area contributed by atoms with E-state index in [0.717, 1.165) is 43.7 Å². The normalized spacial score (nSPS) is 24.2. The van der Waals surface area contributed by atoms with Crippen LogP contribution in [0.4, 0.5) is 0 Å². The van der Waals surface area contributed by atoms with Crippen LogP contribution in [0.15, 0.2) is 29.3 Å². The molecule has 1 N–H and O–H groups in total. The third-order valence-corrected chi connectivity index (χ3v) is 4.05. The fraction of sp³-hybridized carbons (Fsp3) is 0.500. The van der Waals surface area contributed by atoms with Gasteiger partial charge < -0.3 is 15.1 Å². The number of hydrogen-bond donors (Lipinski definition) is 1. The highest BCUT2D eigenvalue weighted by atomic mass is 35.5. The van der Waals surface area contributed by atoms with Gasteiger partial charge in [0, 0.05) is 31.2 Å². The van der Waals surface area contributed by atoms with Gasteiger partial charge in [-0.15, -0.1) is 0 Å². The minimum absolute atomic E-state index is 0.284. The number of piperazine rings is 1. The predicted octanol–water partition coefficient (Wildman–Crippen LogP) is 1.59. The predicted molar refractivity (Wildman–Crippen MR) is 78.7 cm³/mol. The van der Waals surface area contributed by atoms with Crippen molar-refractivity contribution in [1.29, 1.82) is 0 Å². The van der Waals surface area contributed by atoms with Gasteiger partial charge in [-0.3, -0.25) is 4.99 Å². The van der Waals surface area contributed by atoms with E-state index in [4.69, 9.17) is 11.6 Å². The van der Waals surface area contributed by atoms with E-state index >= 15 is 0 Å². The standard InChI is InChI=1S/C14H19ClN4/c1-18-6-8-19(9-7-18)14-16-10-13(17-14)11-2-4-12(15)5-3-11/h2-5,13H,6-10H2,1H3,(H,16,17). The van der Waals surface area contributed by atoms with Crippen molar-refractivity contribution in [3.05, 3.63) is 34.9 Å². The van der Waals surface area contributed by atoms with Crippen molar-refractivity contribution in [3.63, 3.8) is 0 Å². The maximum atomic E-state index is 5.92. The molecule has 19 heavy (non-hydrogen) atoms. The lowest BCUT2D eigenvalue weighted by molar-refractivity contribution is 0.212. The van der Waals surface area contributed by atoms with Crippen molar-refractivity contribution in [2.45, 2.75) is 6.04 Å². The highest BCUT2D eigenvalue weighted by molar-refractivity contribution is 6.30. The first-order valence-corrected chi connectivity index (χ1v) is 7.10. The number of aliphatic imine (C=N–C) groups is 1. The van der Waals surface area contributed by atoms with Crippen molar-refractivity contribution in [2.24, 2.45) is 4.99 Å². The Morgan fingerprint density at radius 3 is 2.53 bits per heavy atom. The van der Waals surface area contributed by atoms with E-state index in [2.05, 4.69) is 39.3 Å². The van der Waals surface area contributed by atoms with Gasteiger partial charge in [0.05, 0.1) is 12.6 Å². The molecule has 1 aromatic rings.